The maximum Gasteiger partial charge on any atom is 0.131 e. The van der Waals surface area contributed by atoms with E-state index in [-0.39, 0.29) is 16.5 Å². The lowest BCUT2D eigenvalue weighted by Crippen LogP contribution is -2.34. The third kappa shape index (κ3) is 2.13. The van der Waals surface area contributed by atoms with Crippen LogP contribution in [0.5, 0.6) is 11.5 Å². The first kappa shape index (κ1) is 13.1. The summed E-state index contributed by atoms with van der Waals surface area (Å²) in [5.41, 5.74) is 2.19. The van der Waals surface area contributed by atoms with E-state index >= 15 is 0 Å². The van der Waals surface area contributed by atoms with Gasteiger partial charge in [-0.25, -0.2) is 0 Å². The molecule has 108 valence electrons. The Morgan fingerprint density at radius 2 is 1.71 bits per heavy atom. The summed E-state index contributed by atoms with van der Waals surface area (Å²) in [6.45, 7) is 1.15. The summed E-state index contributed by atoms with van der Waals surface area (Å²) in [6.07, 6.45) is 0. The zero-order valence-corrected chi connectivity index (χ0v) is 12.5. The zero-order chi connectivity index (χ0) is 14.6. The van der Waals surface area contributed by atoms with Crippen molar-refractivity contribution in [2.45, 2.75) is 11.8 Å². The van der Waals surface area contributed by atoms with Gasteiger partial charge in [-0.1, -0.05) is 29.8 Å². The van der Waals surface area contributed by atoms with Gasteiger partial charge in [-0.05, 0) is 24.3 Å². The molecule has 1 unspecified atom stereocenters. The Labute approximate surface area is 128 Å². The second kappa shape index (κ2) is 4.47. The molecule has 0 bridgehead atoms. The van der Waals surface area contributed by atoms with Crippen molar-refractivity contribution in [1.82, 2.24) is 0 Å². The van der Waals surface area contributed by atoms with Crippen LogP contribution in [0.25, 0.3) is 0 Å². The number of halogens is 1. The van der Waals surface area contributed by atoms with Gasteiger partial charge in [0, 0.05) is 28.0 Å². The fraction of sp³-hybridized carbons (Fsp3) is 0.294. The number of hydrogen-bond acceptors (Lipinski definition) is 2. The summed E-state index contributed by atoms with van der Waals surface area (Å²) < 4.78 is 5.88. The zero-order valence-electron chi connectivity index (χ0n) is 11.8. The Morgan fingerprint density at radius 1 is 1.05 bits per heavy atom. The van der Waals surface area contributed by atoms with Crippen LogP contribution in [0, 0.1) is 5.21 Å². The molecule has 0 aromatic heterocycles. The molecule has 0 N–H and O–H groups in total. The summed E-state index contributed by atoms with van der Waals surface area (Å²) in [5.74, 6) is 2.02. The Balaban J connectivity index is 1.94. The molecule has 0 spiro atoms. The molecule has 3 atom stereocenters. The molecule has 0 aliphatic carbocycles. The quantitative estimate of drug-likeness (QED) is 0.537. The van der Waals surface area contributed by atoms with E-state index in [1.54, 1.807) is 7.05 Å². The molecule has 0 radical (unpaired) electrons. The predicted octanol–water partition coefficient (Wildman–Crippen LogP) is 4.27. The molecular weight excluding hydrogens is 286 g/mol. The van der Waals surface area contributed by atoms with Gasteiger partial charge in [0.25, 0.3) is 0 Å². The number of quaternary nitrogens is 1. The van der Waals surface area contributed by atoms with Gasteiger partial charge >= 0.3 is 0 Å². The molecule has 4 heteroatoms. The molecule has 2 heterocycles. The van der Waals surface area contributed by atoms with Crippen molar-refractivity contribution in [3.05, 3.63) is 63.8 Å². The average Bonchev–Trinajstić information content (AvgIpc) is 2.71. The lowest BCUT2D eigenvalue weighted by atomic mass is 9.84. The first-order valence-corrected chi connectivity index (χ1v) is 7.53. The maximum absolute atomic E-state index is 12.5. The first-order valence-electron chi connectivity index (χ1n) is 7.15. The summed E-state index contributed by atoms with van der Waals surface area (Å²) in [5, 5.41) is 13.2. The third-order valence-corrected chi connectivity index (χ3v) is 4.80. The molecular formula is C17H16ClNO2. The van der Waals surface area contributed by atoms with Gasteiger partial charge in [-0.2, -0.15) is 0 Å². The SMILES string of the molecule is C[N+]1([O-])C[C@@H]2c3cc(Cl)ccc3Oc3ccccc3[C@@H]2C1. The standard InChI is InChI=1S/C17H16ClNO2/c1-19(20)9-14-12-4-2-3-5-16(12)21-17-7-6-11(18)8-13(17)15(14)10-19/h2-8,14-15H,9-10H2,1H3/t14-,15+,19?/m0/s1. The molecule has 0 amide bonds. The summed E-state index contributed by atoms with van der Waals surface area (Å²) in [7, 11) is 1.75. The minimum Gasteiger partial charge on any atom is -0.633 e. The smallest absolute Gasteiger partial charge is 0.131 e. The highest BCUT2D eigenvalue weighted by atomic mass is 35.5. The molecule has 3 nitrogen and oxygen atoms in total. The summed E-state index contributed by atoms with van der Waals surface area (Å²) in [6, 6.07) is 13.7. The normalized spacial score (nSPS) is 29.9. The Bertz CT molecular complexity index is 714. The highest BCUT2D eigenvalue weighted by Gasteiger charge is 2.44. The molecule has 1 fully saturated rings. The molecule has 2 aliphatic rings. The number of para-hydroxylation sites is 1. The van der Waals surface area contributed by atoms with Gasteiger partial charge in [0.15, 0.2) is 0 Å². The monoisotopic (exact) mass is 301 g/mol. The molecule has 2 aromatic rings. The van der Waals surface area contributed by atoms with Crippen molar-refractivity contribution in [2.75, 3.05) is 20.1 Å². The average molecular weight is 302 g/mol. The van der Waals surface area contributed by atoms with Crippen LogP contribution in [0.2, 0.25) is 5.02 Å². The van der Waals surface area contributed by atoms with E-state index in [4.69, 9.17) is 16.3 Å². The van der Waals surface area contributed by atoms with Gasteiger partial charge in [0.1, 0.15) is 11.5 Å². The number of ether oxygens (including phenoxy) is 1. The highest BCUT2D eigenvalue weighted by Crippen LogP contribution is 2.51. The maximum atomic E-state index is 12.5. The number of hydrogen-bond donors (Lipinski definition) is 0. The second-order valence-corrected chi connectivity index (χ2v) is 6.63. The molecule has 1 saturated heterocycles. The number of fused-ring (bicyclic) bond motifs is 5. The van der Waals surface area contributed by atoms with Crippen molar-refractivity contribution < 1.29 is 9.38 Å². The van der Waals surface area contributed by atoms with Crippen molar-refractivity contribution in [2.24, 2.45) is 0 Å². The van der Waals surface area contributed by atoms with Crippen LogP contribution in [0.4, 0.5) is 0 Å². The van der Waals surface area contributed by atoms with Gasteiger partial charge in [-0.15, -0.1) is 0 Å². The highest BCUT2D eigenvalue weighted by molar-refractivity contribution is 6.30. The van der Waals surface area contributed by atoms with Crippen molar-refractivity contribution in [1.29, 1.82) is 0 Å². The van der Waals surface area contributed by atoms with E-state index < -0.39 is 0 Å². The third-order valence-electron chi connectivity index (χ3n) is 4.56. The predicted molar refractivity (Wildman–Crippen MR) is 82.7 cm³/mol. The lowest BCUT2D eigenvalue weighted by Gasteiger charge is -2.34. The van der Waals surface area contributed by atoms with Gasteiger partial charge in [-0.3, -0.25) is 0 Å². The van der Waals surface area contributed by atoms with Crippen LogP contribution in [-0.4, -0.2) is 24.8 Å². The number of likely N-dealkylation sites (N-methyl/N-ethyl adjacent to an activating group) is 1. The molecule has 4 rings (SSSR count). The largest absolute Gasteiger partial charge is 0.633 e. The van der Waals surface area contributed by atoms with Crippen LogP contribution < -0.4 is 4.74 Å². The van der Waals surface area contributed by atoms with Gasteiger partial charge in [0.2, 0.25) is 0 Å². The fourth-order valence-electron chi connectivity index (χ4n) is 3.69. The summed E-state index contributed by atoms with van der Waals surface area (Å²) >= 11 is 6.16. The molecule has 2 aromatic carbocycles. The Hall–Kier alpha value is -1.55. The van der Waals surface area contributed by atoms with Crippen LogP contribution >= 0.6 is 11.6 Å². The topological polar surface area (TPSA) is 32.3 Å². The molecule has 21 heavy (non-hydrogen) atoms. The van der Waals surface area contributed by atoms with E-state index in [0.29, 0.717) is 18.1 Å². The summed E-state index contributed by atoms with van der Waals surface area (Å²) in [4.78, 5) is 0. The minimum absolute atomic E-state index is 0.157. The lowest BCUT2D eigenvalue weighted by molar-refractivity contribution is -0.848. The number of hydroxylamine groups is 3. The van der Waals surface area contributed by atoms with E-state index in [1.165, 1.54) is 0 Å². The number of likely N-dealkylation sites (tertiary alicyclic amines) is 1. The Kier molecular flexibility index (Phi) is 2.80. The minimum atomic E-state index is -0.213. The molecule has 0 saturated carbocycles. The number of rotatable bonds is 0. The van der Waals surface area contributed by atoms with Crippen LogP contribution in [0.1, 0.15) is 23.0 Å². The van der Waals surface area contributed by atoms with E-state index in [0.717, 1.165) is 22.6 Å². The molecule has 2 aliphatic heterocycles. The van der Waals surface area contributed by atoms with Crippen molar-refractivity contribution in [3.63, 3.8) is 0 Å². The van der Waals surface area contributed by atoms with Gasteiger partial charge < -0.3 is 14.6 Å². The van der Waals surface area contributed by atoms with E-state index in [9.17, 15) is 5.21 Å². The first-order chi connectivity index (χ1) is 10.0. The van der Waals surface area contributed by atoms with Crippen molar-refractivity contribution >= 4 is 11.6 Å². The van der Waals surface area contributed by atoms with E-state index in [2.05, 4.69) is 6.07 Å². The van der Waals surface area contributed by atoms with E-state index in [1.807, 2.05) is 36.4 Å². The Morgan fingerprint density at radius 3 is 2.52 bits per heavy atom. The fourth-order valence-corrected chi connectivity index (χ4v) is 3.87. The van der Waals surface area contributed by atoms with Gasteiger partial charge in [0.05, 0.1) is 20.1 Å². The second-order valence-electron chi connectivity index (χ2n) is 6.20. The van der Waals surface area contributed by atoms with Crippen LogP contribution in [-0.2, 0) is 0 Å². The van der Waals surface area contributed by atoms with Crippen molar-refractivity contribution in [3.8, 4) is 11.5 Å². The number of nitrogens with zero attached hydrogens (tertiary/aromatic N) is 1. The van der Waals surface area contributed by atoms with Crippen LogP contribution in [0.15, 0.2) is 42.5 Å². The number of benzene rings is 2. The van der Waals surface area contributed by atoms with Crippen LogP contribution in [0.3, 0.4) is 0 Å².